The van der Waals surface area contributed by atoms with E-state index >= 15 is 0 Å². The van der Waals surface area contributed by atoms with Crippen molar-refractivity contribution >= 4 is 27.0 Å². The monoisotopic (exact) mass is 322 g/mol. The van der Waals surface area contributed by atoms with Gasteiger partial charge in [-0.1, -0.05) is 6.07 Å². The van der Waals surface area contributed by atoms with Crippen LogP contribution in [0.1, 0.15) is 17.4 Å². The van der Waals surface area contributed by atoms with E-state index in [-0.39, 0.29) is 6.04 Å². The van der Waals surface area contributed by atoms with E-state index in [4.69, 9.17) is 8.83 Å². The molecule has 98 valence electrons. The van der Waals surface area contributed by atoms with Gasteiger partial charge in [-0.2, -0.15) is 0 Å². The minimum atomic E-state index is -0.450. The van der Waals surface area contributed by atoms with E-state index in [1.807, 2.05) is 37.4 Å². The van der Waals surface area contributed by atoms with Gasteiger partial charge in [0, 0.05) is 0 Å². The molecule has 0 radical (unpaired) electrons. The van der Waals surface area contributed by atoms with Crippen molar-refractivity contribution < 1.29 is 8.83 Å². The van der Waals surface area contributed by atoms with Crippen molar-refractivity contribution in [3.05, 3.63) is 56.9 Å². The molecule has 5 nitrogen and oxygen atoms in total. The van der Waals surface area contributed by atoms with Crippen molar-refractivity contribution in [2.24, 2.45) is 0 Å². The molecule has 0 fully saturated rings. The Morgan fingerprint density at radius 2 is 2.11 bits per heavy atom. The summed E-state index contributed by atoms with van der Waals surface area (Å²) >= 11 is 3.29. The third-order valence-electron chi connectivity index (χ3n) is 2.95. The maximum Gasteiger partial charge on any atom is 0.417 e. The third kappa shape index (κ3) is 2.24. The Kier molecular flexibility index (Phi) is 3.04. The van der Waals surface area contributed by atoms with Gasteiger partial charge in [-0.3, -0.25) is 4.98 Å². The number of halogens is 1. The molecular weight excluding hydrogens is 312 g/mol. The van der Waals surface area contributed by atoms with Crippen LogP contribution in [0.5, 0.6) is 0 Å². The molecule has 0 amide bonds. The number of aromatic amines is 1. The minimum Gasteiger partial charge on any atom is -0.452 e. The van der Waals surface area contributed by atoms with Gasteiger partial charge in [-0.25, -0.2) is 4.79 Å². The van der Waals surface area contributed by atoms with Gasteiger partial charge in [0.1, 0.15) is 5.76 Å². The summed E-state index contributed by atoms with van der Waals surface area (Å²) in [5.74, 6) is 0.334. The predicted molar refractivity (Wildman–Crippen MR) is 74.1 cm³/mol. The molecule has 3 rings (SSSR count). The highest BCUT2D eigenvalue weighted by Gasteiger charge is 2.17. The lowest BCUT2D eigenvalue weighted by atomic mass is 10.0. The maximum atomic E-state index is 11.2. The molecule has 1 unspecified atom stereocenters. The Balaban J connectivity index is 2.07. The summed E-state index contributed by atoms with van der Waals surface area (Å²) in [5, 5.41) is 3.17. The summed E-state index contributed by atoms with van der Waals surface area (Å²) < 4.78 is 11.3. The van der Waals surface area contributed by atoms with Crippen molar-refractivity contribution in [2.75, 3.05) is 7.05 Å². The number of benzene rings is 1. The molecule has 0 saturated heterocycles. The van der Waals surface area contributed by atoms with Gasteiger partial charge in [0.2, 0.25) is 0 Å². The molecule has 0 aliphatic rings. The van der Waals surface area contributed by atoms with Crippen LogP contribution in [0.3, 0.4) is 0 Å². The van der Waals surface area contributed by atoms with Crippen molar-refractivity contribution in [1.29, 1.82) is 0 Å². The fourth-order valence-corrected chi connectivity index (χ4v) is 2.42. The van der Waals surface area contributed by atoms with Gasteiger partial charge in [-0.15, -0.1) is 0 Å². The first-order valence-corrected chi connectivity index (χ1v) is 6.52. The van der Waals surface area contributed by atoms with Crippen molar-refractivity contribution in [2.45, 2.75) is 6.04 Å². The Bertz CT molecular complexity index is 771. The second-order valence-electron chi connectivity index (χ2n) is 4.13. The van der Waals surface area contributed by atoms with Crippen LogP contribution in [0.25, 0.3) is 11.1 Å². The number of H-pyrrole nitrogens is 1. The minimum absolute atomic E-state index is 0.101. The van der Waals surface area contributed by atoms with Crippen LogP contribution in [0.4, 0.5) is 0 Å². The van der Waals surface area contributed by atoms with Gasteiger partial charge in [0.05, 0.1) is 11.6 Å². The van der Waals surface area contributed by atoms with Crippen molar-refractivity contribution in [3.63, 3.8) is 0 Å². The number of hydrogen-bond donors (Lipinski definition) is 2. The predicted octanol–water partition coefficient (Wildman–Crippen LogP) is 2.79. The maximum absolute atomic E-state index is 11.2. The molecule has 1 atom stereocenters. The quantitative estimate of drug-likeness (QED) is 0.777. The fourth-order valence-electron chi connectivity index (χ4n) is 2.10. The van der Waals surface area contributed by atoms with Crippen LogP contribution < -0.4 is 11.1 Å². The first-order chi connectivity index (χ1) is 9.17. The molecule has 3 aromatic rings. The summed E-state index contributed by atoms with van der Waals surface area (Å²) in [7, 11) is 1.85. The lowest BCUT2D eigenvalue weighted by Gasteiger charge is -2.13. The summed E-state index contributed by atoms with van der Waals surface area (Å²) in [4.78, 5) is 13.8. The van der Waals surface area contributed by atoms with Gasteiger partial charge in [-0.05, 0) is 52.8 Å². The zero-order valence-electron chi connectivity index (χ0n) is 10.1. The molecule has 2 heterocycles. The van der Waals surface area contributed by atoms with Crippen molar-refractivity contribution in [3.8, 4) is 0 Å². The molecule has 0 saturated carbocycles. The highest BCUT2D eigenvalue weighted by atomic mass is 79.9. The van der Waals surface area contributed by atoms with Crippen LogP contribution in [0.15, 0.2) is 48.6 Å². The number of aromatic nitrogens is 1. The van der Waals surface area contributed by atoms with Crippen LogP contribution in [0.2, 0.25) is 0 Å². The topological polar surface area (TPSA) is 71.2 Å². The largest absolute Gasteiger partial charge is 0.452 e. The molecular formula is C13H11BrN2O3. The smallest absolute Gasteiger partial charge is 0.417 e. The lowest BCUT2D eigenvalue weighted by Crippen LogP contribution is -2.16. The van der Waals surface area contributed by atoms with Crippen LogP contribution in [0, 0.1) is 0 Å². The third-order valence-corrected chi connectivity index (χ3v) is 3.37. The van der Waals surface area contributed by atoms with Gasteiger partial charge in [0.15, 0.2) is 10.3 Å². The van der Waals surface area contributed by atoms with Gasteiger partial charge >= 0.3 is 5.76 Å². The average Bonchev–Trinajstić information content (AvgIpc) is 2.95. The standard InChI is InChI=1S/C13H11BrN2O3/c1-15-12(9-4-5-11(14)18-9)7-2-3-8-10(6-7)19-13(17)16-8/h2-6,12,15H,1H3,(H,16,17). The first kappa shape index (κ1) is 12.3. The highest BCUT2D eigenvalue weighted by Crippen LogP contribution is 2.27. The summed E-state index contributed by atoms with van der Waals surface area (Å²) in [6.07, 6.45) is 0. The SMILES string of the molecule is CNC(c1ccc2[nH]c(=O)oc2c1)c1ccc(Br)o1. The van der Waals surface area contributed by atoms with E-state index in [0.29, 0.717) is 15.8 Å². The molecule has 2 N–H and O–H groups in total. The number of furan rings is 1. The zero-order valence-corrected chi connectivity index (χ0v) is 11.7. The van der Waals surface area contributed by atoms with Crippen LogP contribution >= 0.6 is 15.9 Å². The van der Waals surface area contributed by atoms with E-state index in [0.717, 1.165) is 11.3 Å². The zero-order chi connectivity index (χ0) is 13.4. The summed E-state index contributed by atoms with van der Waals surface area (Å²) in [5.41, 5.74) is 2.18. The molecule has 19 heavy (non-hydrogen) atoms. The first-order valence-electron chi connectivity index (χ1n) is 5.72. The van der Waals surface area contributed by atoms with E-state index in [2.05, 4.69) is 26.2 Å². The van der Waals surface area contributed by atoms with Crippen molar-refractivity contribution in [1.82, 2.24) is 10.3 Å². The Morgan fingerprint density at radius 3 is 2.79 bits per heavy atom. The summed E-state index contributed by atoms with van der Waals surface area (Å²) in [6.45, 7) is 0. The van der Waals surface area contributed by atoms with E-state index in [1.54, 1.807) is 0 Å². The molecule has 0 aliphatic carbocycles. The van der Waals surface area contributed by atoms with Gasteiger partial charge < -0.3 is 14.2 Å². The Labute approximate surface area is 116 Å². The lowest BCUT2D eigenvalue weighted by molar-refractivity contribution is 0.447. The fraction of sp³-hybridized carbons (Fsp3) is 0.154. The average molecular weight is 323 g/mol. The number of nitrogens with one attached hydrogen (secondary N) is 2. The van der Waals surface area contributed by atoms with E-state index < -0.39 is 5.76 Å². The molecule has 0 aliphatic heterocycles. The number of hydrogen-bond acceptors (Lipinski definition) is 4. The normalized spacial score (nSPS) is 12.9. The Morgan fingerprint density at radius 1 is 1.26 bits per heavy atom. The van der Waals surface area contributed by atoms with E-state index in [1.165, 1.54) is 0 Å². The number of fused-ring (bicyclic) bond motifs is 1. The molecule has 2 aromatic heterocycles. The van der Waals surface area contributed by atoms with E-state index in [9.17, 15) is 4.79 Å². The van der Waals surface area contributed by atoms with Gasteiger partial charge in [0.25, 0.3) is 0 Å². The molecule has 1 aromatic carbocycles. The second-order valence-corrected chi connectivity index (χ2v) is 4.92. The summed E-state index contributed by atoms with van der Waals surface area (Å²) in [6, 6.07) is 9.20. The van der Waals surface area contributed by atoms with Crippen LogP contribution in [-0.4, -0.2) is 12.0 Å². The highest BCUT2D eigenvalue weighted by molar-refractivity contribution is 9.10. The molecule has 0 bridgehead atoms. The Hall–Kier alpha value is -1.79. The van der Waals surface area contributed by atoms with Crippen LogP contribution in [-0.2, 0) is 0 Å². The number of rotatable bonds is 3. The number of oxazole rings is 1. The molecule has 6 heteroatoms. The molecule has 0 spiro atoms. The second kappa shape index (κ2) is 4.71.